The molecule has 9 rings (SSSR count). The molecule has 0 radical (unpaired) electrons. The Kier molecular flexibility index (Phi) is 15.0. The maximum atomic E-state index is 13.0. The molecule has 75 heavy (non-hydrogen) atoms. The molecule has 8 atom stereocenters. The van der Waals surface area contributed by atoms with Crippen LogP contribution < -0.4 is 61.6 Å². The first-order chi connectivity index (χ1) is 36.4. The largest absolute Gasteiger partial charge is 0.508 e. The summed E-state index contributed by atoms with van der Waals surface area (Å²) in [6.07, 6.45) is -5.37. The number of rotatable bonds is 17. The molecule has 398 valence electrons. The van der Waals surface area contributed by atoms with Gasteiger partial charge in [-0.15, -0.1) is 0 Å². The number of hydrogen-bond acceptors (Lipinski definition) is 18. The third-order valence-corrected chi connectivity index (χ3v) is 14.4. The van der Waals surface area contributed by atoms with Gasteiger partial charge in [-0.1, -0.05) is 18.2 Å². The number of fused-ring (bicyclic) bond motifs is 3. The molecule has 6 aromatic carbocycles. The van der Waals surface area contributed by atoms with Crippen molar-refractivity contribution in [3.05, 3.63) is 123 Å². The highest BCUT2D eigenvalue weighted by molar-refractivity contribution is 5.68. The Morgan fingerprint density at radius 2 is 0.973 bits per heavy atom. The quantitative estimate of drug-likeness (QED) is 0.0782. The van der Waals surface area contributed by atoms with Crippen LogP contribution in [0.1, 0.15) is 74.7 Å². The molecule has 0 fully saturated rings. The number of benzene rings is 6. The summed E-state index contributed by atoms with van der Waals surface area (Å²) in [5, 5.41) is 36.5. The van der Waals surface area contributed by atoms with Gasteiger partial charge in [0.15, 0.2) is 52.8 Å². The molecule has 0 aromatic heterocycles. The molecule has 0 bridgehead atoms. The first-order valence-electron chi connectivity index (χ1n) is 23.9. The molecule has 3 N–H and O–H groups in total. The van der Waals surface area contributed by atoms with Crippen LogP contribution in [0, 0.1) is 0 Å². The van der Waals surface area contributed by atoms with Gasteiger partial charge >= 0.3 is 0 Å². The first kappa shape index (κ1) is 52.1. The summed E-state index contributed by atoms with van der Waals surface area (Å²) in [6.45, 7) is 0. The van der Waals surface area contributed by atoms with Crippen LogP contribution in [0.3, 0.4) is 0 Å². The van der Waals surface area contributed by atoms with Gasteiger partial charge < -0.3 is 86.4 Å². The maximum absolute atomic E-state index is 13.0. The van der Waals surface area contributed by atoms with Crippen molar-refractivity contribution in [1.82, 2.24) is 0 Å². The molecule has 0 saturated heterocycles. The zero-order valence-corrected chi connectivity index (χ0v) is 43.8. The van der Waals surface area contributed by atoms with Gasteiger partial charge in [0.2, 0.25) is 11.5 Å². The van der Waals surface area contributed by atoms with E-state index in [1.807, 2.05) is 24.3 Å². The van der Waals surface area contributed by atoms with Gasteiger partial charge in [0.1, 0.15) is 58.6 Å². The van der Waals surface area contributed by atoms with E-state index in [4.69, 9.17) is 71.1 Å². The van der Waals surface area contributed by atoms with Crippen molar-refractivity contribution in [3.8, 4) is 86.2 Å². The normalized spacial score (nSPS) is 21.3. The summed E-state index contributed by atoms with van der Waals surface area (Å²) in [5.41, 5.74) is 4.17. The van der Waals surface area contributed by atoms with Gasteiger partial charge in [-0.05, 0) is 54.1 Å². The van der Waals surface area contributed by atoms with Gasteiger partial charge in [0.05, 0.1) is 77.0 Å². The molecule has 18 heteroatoms. The van der Waals surface area contributed by atoms with E-state index in [-0.39, 0.29) is 28.6 Å². The summed E-state index contributed by atoms with van der Waals surface area (Å²) >= 11 is 0. The molecular formula is C57H62O18. The third-order valence-electron chi connectivity index (χ3n) is 14.4. The van der Waals surface area contributed by atoms with Crippen molar-refractivity contribution in [2.24, 2.45) is 0 Å². The third kappa shape index (κ3) is 8.89. The van der Waals surface area contributed by atoms with Crippen LogP contribution in [0.5, 0.6) is 86.2 Å². The number of phenols is 2. The minimum Gasteiger partial charge on any atom is -0.508 e. The van der Waals surface area contributed by atoms with E-state index >= 15 is 0 Å². The van der Waals surface area contributed by atoms with E-state index < -0.39 is 48.5 Å². The fraction of sp³-hybridized carbons (Fsp3) is 0.368. The zero-order chi connectivity index (χ0) is 53.4. The predicted molar refractivity (Wildman–Crippen MR) is 273 cm³/mol. The fourth-order valence-electron chi connectivity index (χ4n) is 10.9. The molecule has 3 aliphatic heterocycles. The number of ether oxygens (including phenoxy) is 15. The predicted octanol–water partition coefficient (Wildman–Crippen LogP) is 8.78. The van der Waals surface area contributed by atoms with E-state index in [0.29, 0.717) is 103 Å². The average Bonchev–Trinajstić information content (AvgIpc) is 3.46. The van der Waals surface area contributed by atoms with Crippen LogP contribution in [0.15, 0.2) is 78.9 Å². The Bertz CT molecular complexity index is 3010. The second-order valence-electron chi connectivity index (χ2n) is 17.9. The Balaban J connectivity index is 1.33. The lowest BCUT2D eigenvalue weighted by Crippen LogP contribution is -2.40. The van der Waals surface area contributed by atoms with Gasteiger partial charge in [-0.2, -0.15) is 0 Å². The van der Waals surface area contributed by atoms with Crippen LogP contribution in [0.25, 0.3) is 0 Å². The van der Waals surface area contributed by atoms with Crippen molar-refractivity contribution >= 4 is 0 Å². The van der Waals surface area contributed by atoms with Gasteiger partial charge in [-0.25, -0.2) is 0 Å². The van der Waals surface area contributed by atoms with E-state index in [1.165, 1.54) is 54.8 Å². The van der Waals surface area contributed by atoms with E-state index in [1.54, 1.807) is 85.1 Å². The van der Waals surface area contributed by atoms with Gasteiger partial charge in [0, 0.05) is 77.6 Å². The Hall–Kier alpha value is -7.80. The molecule has 6 aromatic rings. The van der Waals surface area contributed by atoms with Crippen LogP contribution in [-0.4, -0.2) is 119 Å². The van der Waals surface area contributed by atoms with Gasteiger partial charge in [0.25, 0.3) is 0 Å². The minimum atomic E-state index is -1.44. The average molecular weight is 1040 g/mol. The highest BCUT2D eigenvalue weighted by Gasteiger charge is 2.50. The number of hydrogen-bond donors (Lipinski definition) is 3. The highest BCUT2D eigenvalue weighted by atomic mass is 16.6. The molecule has 0 aliphatic carbocycles. The molecule has 0 unspecified atom stereocenters. The number of aliphatic hydroxyl groups is 1. The molecular weight excluding hydrogens is 973 g/mol. The molecule has 0 spiro atoms. The Morgan fingerprint density at radius 1 is 0.427 bits per heavy atom. The van der Waals surface area contributed by atoms with E-state index in [0.717, 1.165) is 5.56 Å². The monoisotopic (exact) mass is 1030 g/mol. The summed E-state index contributed by atoms with van der Waals surface area (Å²) in [5.74, 6) is 2.56. The Labute approximate surface area is 434 Å². The highest BCUT2D eigenvalue weighted by Crippen LogP contribution is 2.61. The van der Waals surface area contributed by atoms with Crippen molar-refractivity contribution in [3.63, 3.8) is 0 Å². The second kappa shape index (κ2) is 21.6. The topological polar surface area (TPSA) is 199 Å². The molecule has 0 saturated carbocycles. The maximum Gasteiger partial charge on any atom is 0.203 e. The second-order valence-corrected chi connectivity index (χ2v) is 17.9. The fourth-order valence-corrected chi connectivity index (χ4v) is 10.9. The minimum absolute atomic E-state index is 0.0907. The Morgan fingerprint density at radius 3 is 1.52 bits per heavy atom. The lowest BCUT2D eigenvalue weighted by molar-refractivity contribution is -0.0299. The van der Waals surface area contributed by atoms with Crippen molar-refractivity contribution in [2.45, 2.75) is 54.9 Å². The summed E-state index contributed by atoms with van der Waals surface area (Å²) in [4.78, 5) is 0. The molecule has 0 amide bonds. The van der Waals surface area contributed by atoms with Crippen LogP contribution in [0.4, 0.5) is 0 Å². The number of aliphatic hydroxyl groups excluding tert-OH is 1. The van der Waals surface area contributed by atoms with Gasteiger partial charge in [-0.3, -0.25) is 0 Å². The van der Waals surface area contributed by atoms with E-state index in [2.05, 4.69) is 0 Å². The zero-order valence-electron chi connectivity index (χ0n) is 43.8. The van der Waals surface area contributed by atoms with Crippen molar-refractivity contribution in [2.75, 3.05) is 85.3 Å². The number of phenolic OH excluding ortho intramolecular Hbond substituents is 2. The standard InChI is InChI=1S/C57H62O18/c1-61-35-18-13-27(19-38(35)63-3)50-44(69-9)25-33-36(62-2)26-39(64-4)48(54(33)74-50)46-32-16-17-34(59)47(53(32)75-52(57(46)72-12)29-22-42(67-7)56(71-11)43(23-29)68-8)45-31-15-14-30(58)24-37(31)73-51(49(45)60)28-20-40(65-5)55(70-10)41(21-28)66-6/h13-24,26,44-46,49-52,57-60H,25H2,1-12H3/t44-,45-,46+,49-,50-,51+,52+,57+/m1/s1. The molecule has 3 heterocycles. The lowest BCUT2D eigenvalue weighted by Gasteiger charge is -2.44. The lowest BCUT2D eigenvalue weighted by atomic mass is 9.74. The molecule has 18 nitrogen and oxygen atoms in total. The van der Waals surface area contributed by atoms with Crippen LogP contribution >= 0.6 is 0 Å². The van der Waals surface area contributed by atoms with E-state index in [9.17, 15) is 15.3 Å². The smallest absolute Gasteiger partial charge is 0.203 e. The summed E-state index contributed by atoms with van der Waals surface area (Å²) in [6, 6.07) is 22.2. The number of aromatic hydroxyl groups is 2. The van der Waals surface area contributed by atoms with Crippen LogP contribution in [0.2, 0.25) is 0 Å². The van der Waals surface area contributed by atoms with Crippen LogP contribution in [-0.2, 0) is 15.9 Å². The van der Waals surface area contributed by atoms with Crippen molar-refractivity contribution < 1.29 is 86.4 Å². The summed E-state index contributed by atoms with van der Waals surface area (Å²) in [7, 11) is 18.5. The first-order valence-corrected chi connectivity index (χ1v) is 23.9. The SMILES string of the molecule is COc1ccc([C@H]2Oc3c(c(OC)cc(OC)c3[C@@H]3c4ccc(O)c([C@H]5c6ccc(O)cc6O[C@@H](c6cc(OC)c(OC)c(OC)c6)[C@@H]5O)c4O[C@@H](c4cc(OC)c(OC)c(OC)c4)[C@H]3OC)C[C@H]2OC)cc1OC. The van der Waals surface area contributed by atoms with Crippen molar-refractivity contribution in [1.29, 1.82) is 0 Å². The number of methoxy groups -OCH3 is 12. The molecule has 3 aliphatic rings. The summed E-state index contributed by atoms with van der Waals surface area (Å²) < 4.78 is 92.4.